The predicted octanol–water partition coefficient (Wildman–Crippen LogP) is 2.40. The van der Waals surface area contributed by atoms with Crippen LogP contribution in [0.3, 0.4) is 0 Å². The van der Waals surface area contributed by atoms with Crippen LogP contribution in [0.1, 0.15) is 64.3 Å². The number of ether oxygens (including phenoxy) is 1. The molecule has 0 spiro atoms. The van der Waals surface area contributed by atoms with E-state index < -0.39 is 30.5 Å². The van der Waals surface area contributed by atoms with Gasteiger partial charge in [-0.1, -0.05) is 0 Å². The van der Waals surface area contributed by atoms with Gasteiger partial charge < -0.3 is 20.3 Å². The van der Waals surface area contributed by atoms with Crippen LogP contribution in [0.2, 0.25) is 0 Å². The summed E-state index contributed by atoms with van der Waals surface area (Å²) in [5.41, 5.74) is 2.14. The number of hydrogen-bond acceptors (Lipinski definition) is 6. The fraction of sp³-hybridized carbons (Fsp3) is 0.435. The Morgan fingerprint density at radius 1 is 1.29 bits per heavy atom. The summed E-state index contributed by atoms with van der Waals surface area (Å²) >= 11 is 0. The number of halogens is 2. The smallest absolute Gasteiger partial charge is 0.278 e. The van der Waals surface area contributed by atoms with Gasteiger partial charge in [0.05, 0.1) is 6.04 Å². The number of carbonyl (C=O) groups excluding carboxylic acids is 3. The Labute approximate surface area is 195 Å². The van der Waals surface area contributed by atoms with Gasteiger partial charge in [0.2, 0.25) is 11.8 Å². The minimum atomic E-state index is -2.98. The van der Waals surface area contributed by atoms with Gasteiger partial charge >= 0.3 is 0 Å². The second-order valence-electron chi connectivity index (χ2n) is 8.35. The molecular formula is C23H27F2N5O4. The van der Waals surface area contributed by atoms with E-state index in [1.54, 1.807) is 30.9 Å². The van der Waals surface area contributed by atoms with Gasteiger partial charge in [-0.05, 0) is 38.5 Å². The molecule has 2 atom stereocenters. The monoisotopic (exact) mass is 475 g/mol. The lowest BCUT2D eigenvalue weighted by molar-refractivity contribution is -0.122. The van der Waals surface area contributed by atoms with Crippen molar-refractivity contribution in [2.75, 3.05) is 13.7 Å². The van der Waals surface area contributed by atoms with Gasteiger partial charge in [-0.2, -0.15) is 0 Å². The normalized spacial score (nSPS) is 14.9. The third-order valence-electron chi connectivity index (χ3n) is 5.54. The third kappa shape index (κ3) is 5.29. The maximum absolute atomic E-state index is 13.1. The number of hydrogen-bond donors (Lipinski definition) is 2. The number of aromatic nitrogens is 2. The van der Waals surface area contributed by atoms with E-state index in [2.05, 4.69) is 20.6 Å². The van der Waals surface area contributed by atoms with E-state index in [0.29, 0.717) is 22.3 Å². The fourth-order valence-corrected chi connectivity index (χ4v) is 3.64. The van der Waals surface area contributed by atoms with Gasteiger partial charge in [0.1, 0.15) is 11.7 Å². The molecule has 0 bridgehead atoms. The second kappa shape index (κ2) is 9.70. The molecule has 11 heteroatoms. The lowest BCUT2D eigenvalue weighted by atomic mass is 10.1. The summed E-state index contributed by atoms with van der Waals surface area (Å²) in [6.45, 7) is 5.15. The van der Waals surface area contributed by atoms with Gasteiger partial charge in [0.15, 0.2) is 6.61 Å². The van der Waals surface area contributed by atoms with Crippen LogP contribution >= 0.6 is 0 Å². The molecule has 2 aromatic heterocycles. The number of aryl methyl sites for hydroxylation is 1. The van der Waals surface area contributed by atoms with Crippen LogP contribution in [0.15, 0.2) is 24.5 Å². The SMILES string of the molecule is CNC(=O)[C@H](C)NC(=O)c1nccc2c1CN(C(C)c1cnc(OCC(C)(F)F)c(C)c1)C2=O. The van der Waals surface area contributed by atoms with Crippen LogP contribution in [0.5, 0.6) is 5.88 Å². The highest BCUT2D eigenvalue weighted by molar-refractivity contribution is 6.04. The van der Waals surface area contributed by atoms with E-state index in [1.807, 2.05) is 6.92 Å². The maximum atomic E-state index is 13.1. The molecule has 0 saturated carbocycles. The van der Waals surface area contributed by atoms with E-state index >= 15 is 0 Å². The van der Waals surface area contributed by atoms with Crippen molar-refractivity contribution in [1.29, 1.82) is 0 Å². The number of pyridine rings is 2. The first-order valence-electron chi connectivity index (χ1n) is 10.7. The number of likely N-dealkylation sites (N-methyl/N-ethyl adjacent to an activating group) is 1. The summed E-state index contributed by atoms with van der Waals surface area (Å²) in [5.74, 6) is -4.07. The Bertz CT molecular complexity index is 1120. The molecule has 1 unspecified atom stereocenters. The van der Waals surface area contributed by atoms with Crippen LogP contribution < -0.4 is 15.4 Å². The van der Waals surface area contributed by atoms with Crippen LogP contribution in [0.25, 0.3) is 0 Å². The van der Waals surface area contributed by atoms with Gasteiger partial charge in [0.25, 0.3) is 17.7 Å². The number of carbonyl (C=O) groups is 3. The number of rotatable bonds is 8. The summed E-state index contributed by atoms with van der Waals surface area (Å²) in [4.78, 5) is 47.4. The lowest BCUT2D eigenvalue weighted by Gasteiger charge is -2.25. The quantitative estimate of drug-likeness (QED) is 0.606. The first-order valence-corrected chi connectivity index (χ1v) is 10.7. The molecule has 0 aromatic carbocycles. The predicted molar refractivity (Wildman–Crippen MR) is 119 cm³/mol. The summed E-state index contributed by atoms with van der Waals surface area (Å²) in [6.07, 6.45) is 2.86. The van der Waals surface area contributed by atoms with Gasteiger partial charge in [-0.3, -0.25) is 19.4 Å². The van der Waals surface area contributed by atoms with Crippen molar-refractivity contribution >= 4 is 17.7 Å². The molecule has 3 heterocycles. The van der Waals surface area contributed by atoms with Crippen molar-refractivity contribution in [2.24, 2.45) is 0 Å². The first-order chi connectivity index (χ1) is 15.9. The molecular weight excluding hydrogens is 448 g/mol. The minimum Gasteiger partial charge on any atom is -0.471 e. The van der Waals surface area contributed by atoms with Crippen LogP contribution in [0.4, 0.5) is 8.78 Å². The van der Waals surface area contributed by atoms with Crippen LogP contribution in [-0.4, -0.2) is 58.2 Å². The lowest BCUT2D eigenvalue weighted by Crippen LogP contribution is -2.44. The molecule has 0 radical (unpaired) electrons. The molecule has 1 aliphatic heterocycles. The standard InChI is InChI=1S/C23H27F2N5O4/c1-12-8-15(9-28-21(12)34-11-23(4,24)25)14(3)30-10-17-16(22(30)33)6-7-27-18(17)20(32)29-13(2)19(31)26-5/h6-9,13-14H,10-11H2,1-5H3,(H,26,31)(H,29,32)/t13-,14?/m0/s1. The molecule has 182 valence electrons. The second-order valence-corrected chi connectivity index (χ2v) is 8.35. The van der Waals surface area contributed by atoms with Gasteiger partial charge in [0, 0.05) is 49.6 Å². The summed E-state index contributed by atoms with van der Waals surface area (Å²) in [6, 6.07) is 2.08. The van der Waals surface area contributed by atoms with Crippen molar-refractivity contribution < 1.29 is 27.9 Å². The molecule has 3 amide bonds. The molecule has 34 heavy (non-hydrogen) atoms. The zero-order valence-electron chi connectivity index (χ0n) is 19.6. The largest absolute Gasteiger partial charge is 0.471 e. The van der Waals surface area contributed by atoms with Crippen LogP contribution in [-0.2, 0) is 11.3 Å². The Balaban J connectivity index is 1.79. The van der Waals surface area contributed by atoms with Gasteiger partial charge in [-0.15, -0.1) is 0 Å². The highest BCUT2D eigenvalue weighted by atomic mass is 19.3. The zero-order chi connectivity index (χ0) is 25.2. The highest BCUT2D eigenvalue weighted by Crippen LogP contribution is 2.33. The topological polar surface area (TPSA) is 114 Å². The summed E-state index contributed by atoms with van der Waals surface area (Å²) in [5, 5.41) is 5.04. The molecule has 3 rings (SSSR count). The molecule has 1 aliphatic rings. The zero-order valence-corrected chi connectivity index (χ0v) is 19.6. The number of fused-ring (bicyclic) bond motifs is 1. The molecule has 2 aromatic rings. The molecule has 9 nitrogen and oxygen atoms in total. The maximum Gasteiger partial charge on any atom is 0.278 e. The van der Waals surface area contributed by atoms with E-state index in [-0.39, 0.29) is 29.9 Å². The summed E-state index contributed by atoms with van der Waals surface area (Å²) in [7, 11) is 1.47. The minimum absolute atomic E-state index is 0.0786. The molecule has 0 fully saturated rings. The van der Waals surface area contributed by atoms with Crippen molar-refractivity contribution in [1.82, 2.24) is 25.5 Å². The highest BCUT2D eigenvalue weighted by Gasteiger charge is 2.35. The van der Waals surface area contributed by atoms with Crippen LogP contribution in [0, 0.1) is 6.92 Å². The first kappa shape index (κ1) is 25.0. The summed E-state index contributed by atoms with van der Waals surface area (Å²) < 4.78 is 31.3. The number of nitrogens with zero attached hydrogens (tertiary/aromatic N) is 3. The van der Waals surface area contributed by atoms with Crippen molar-refractivity contribution in [2.45, 2.75) is 52.2 Å². The Morgan fingerprint density at radius 2 is 2.00 bits per heavy atom. The molecule has 2 N–H and O–H groups in total. The molecule has 0 saturated heterocycles. The van der Waals surface area contributed by atoms with E-state index in [9.17, 15) is 23.2 Å². The van der Waals surface area contributed by atoms with Crippen molar-refractivity contribution in [3.8, 4) is 5.88 Å². The molecule has 0 aliphatic carbocycles. The van der Waals surface area contributed by atoms with E-state index in [1.165, 1.54) is 19.4 Å². The number of amides is 3. The Kier molecular flexibility index (Phi) is 7.13. The number of alkyl halides is 2. The van der Waals surface area contributed by atoms with E-state index in [0.717, 1.165) is 6.92 Å². The third-order valence-corrected chi connectivity index (χ3v) is 5.54. The van der Waals surface area contributed by atoms with Crippen molar-refractivity contribution in [3.63, 3.8) is 0 Å². The average Bonchev–Trinajstić information content (AvgIpc) is 3.12. The Morgan fingerprint density at radius 3 is 2.62 bits per heavy atom. The Hall–Kier alpha value is -3.63. The van der Waals surface area contributed by atoms with Gasteiger partial charge in [-0.25, -0.2) is 13.8 Å². The average molecular weight is 475 g/mol. The van der Waals surface area contributed by atoms with Crippen molar-refractivity contribution in [3.05, 3.63) is 52.5 Å². The fourth-order valence-electron chi connectivity index (χ4n) is 3.64. The van der Waals surface area contributed by atoms with E-state index in [4.69, 9.17) is 4.74 Å². The number of nitrogens with one attached hydrogen (secondary N) is 2.